The van der Waals surface area contributed by atoms with Gasteiger partial charge in [0.15, 0.2) is 6.61 Å². The van der Waals surface area contributed by atoms with Crippen LogP contribution in [-0.4, -0.2) is 25.5 Å². The number of methoxy groups -OCH3 is 1. The van der Waals surface area contributed by atoms with Crippen molar-refractivity contribution in [1.82, 2.24) is 0 Å². The van der Waals surface area contributed by atoms with Gasteiger partial charge in [0.2, 0.25) is 5.78 Å². The van der Waals surface area contributed by atoms with E-state index in [2.05, 4.69) is 4.74 Å². The number of ether oxygens (including phenoxy) is 2. The minimum Gasteiger partial charge on any atom is -0.496 e. The van der Waals surface area contributed by atoms with E-state index in [1.165, 1.54) is 14.0 Å². The summed E-state index contributed by atoms with van der Waals surface area (Å²) in [4.78, 5) is 22.1. The first-order valence-electron chi connectivity index (χ1n) is 4.44. The Morgan fingerprint density at radius 3 is 2.53 bits per heavy atom. The molecule has 0 spiro atoms. The van der Waals surface area contributed by atoms with E-state index in [4.69, 9.17) is 4.74 Å². The van der Waals surface area contributed by atoms with Gasteiger partial charge in [-0.25, -0.2) is 0 Å². The fourth-order valence-corrected chi connectivity index (χ4v) is 1.12. The highest BCUT2D eigenvalue weighted by Gasteiger charge is 2.12. The first-order chi connectivity index (χ1) is 7.15. The first-order valence-corrected chi connectivity index (χ1v) is 4.44. The predicted octanol–water partition coefficient (Wildman–Crippen LogP) is 1.44. The molecule has 80 valence electrons. The van der Waals surface area contributed by atoms with Crippen LogP contribution in [0, 0.1) is 0 Å². The number of hydrogen-bond donors (Lipinski definition) is 0. The summed E-state index contributed by atoms with van der Waals surface area (Å²) in [5, 5.41) is 0. The van der Waals surface area contributed by atoms with E-state index in [0.717, 1.165) is 0 Å². The summed E-state index contributed by atoms with van der Waals surface area (Å²) in [6.07, 6.45) is 0. The molecule has 4 nitrogen and oxygen atoms in total. The SMILES string of the molecule is COc1ccccc1C(=O)COC(C)=O. The monoisotopic (exact) mass is 208 g/mol. The largest absolute Gasteiger partial charge is 0.496 e. The van der Waals surface area contributed by atoms with Gasteiger partial charge < -0.3 is 9.47 Å². The maximum Gasteiger partial charge on any atom is 0.303 e. The van der Waals surface area contributed by atoms with E-state index in [0.29, 0.717) is 11.3 Å². The predicted molar refractivity (Wildman–Crippen MR) is 54.0 cm³/mol. The molecule has 0 atom stereocenters. The second kappa shape index (κ2) is 5.14. The number of ketones is 1. The van der Waals surface area contributed by atoms with Gasteiger partial charge in [0.25, 0.3) is 0 Å². The molecule has 1 aromatic rings. The standard InChI is InChI=1S/C11H12O4/c1-8(12)15-7-10(13)9-5-3-4-6-11(9)14-2/h3-6H,7H2,1-2H3. The van der Waals surface area contributed by atoms with Gasteiger partial charge in [0.1, 0.15) is 5.75 Å². The van der Waals surface area contributed by atoms with E-state index in [-0.39, 0.29) is 12.4 Å². The van der Waals surface area contributed by atoms with Crippen LogP contribution in [0.15, 0.2) is 24.3 Å². The number of carbonyl (C=O) groups excluding carboxylic acids is 2. The third kappa shape index (κ3) is 3.09. The Labute approximate surface area is 87.8 Å². The van der Waals surface area contributed by atoms with Crippen molar-refractivity contribution >= 4 is 11.8 Å². The quantitative estimate of drug-likeness (QED) is 0.555. The Kier molecular flexibility index (Phi) is 3.85. The van der Waals surface area contributed by atoms with Gasteiger partial charge >= 0.3 is 5.97 Å². The molecule has 0 N–H and O–H groups in total. The topological polar surface area (TPSA) is 52.6 Å². The number of Topliss-reactive ketones (excluding diaryl/α,β-unsaturated/α-hetero) is 1. The van der Waals surface area contributed by atoms with Crippen LogP contribution in [0.25, 0.3) is 0 Å². The summed E-state index contributed by atoms with van der Waals surface area (Å²) in [7, 11) is 1.48. The summed E-state index contributed by atoms with van der Waals surface area (Å²) in [6, 6.07) is 6.80. The van der Waals surface area contributed by atoms with Crippen molar-refractivity contribution in [3.63, 3.8) is 0 Å². The molecule has 0 heterocycles. The van der Waals surface area contributed by atoms with Crippen molar-refractivity contribution in [2.45, 2.75) is 6.92 Å². The molecule has 0 aromatic heterocycles. The highest BCUT2D eigenvalue weighted by atomic mass is 16.5. The fraction of sp³-hybridized carbons (Fsp3) is 0.273. The van der Waals surface area contributed by atoms with Crippen LogP contribution in [0.1, 0.15) is 17.3 Å². The molecule has 0 aliphatic rings. The van der Waals surface area contributed by atoms with Crippen molar-refractivity contribution in [3.05, 3.63) is 29.8 Å². The van der Waals surface area contributed by atoms with Crippen LogP contribution < -0.4 is 4.74 Å². The molecule has 0 aliphatic heterocycles. The maximum absolute atomic E-state index is 11.6. The van der Waals surface area contributed by atoms with Crippen molar-refractivity contribution in [2.75, 3.05) is 13.7 Å². The van der Waals surface area contributed by atoms with Gasteiger partial charge in [0, 0.05) is 6.92 Å². The van der Waals surface area contributed by atoms with Gasteiger partial charge in [-0.1, -0.05) is 12.1 Å². The lowest BCUT2D eigenvalue weighted by molar-refractivity contribution is -0.139. The van der Waals surface area contributed by atoms with E-state index in [1.54, 1.807) is 24.3 Å². The van der Waals surface area contributed by atoms with Crippen molar-refractivity contribution in [3.8, 4) is 5.75 Å². The number of esters is 1. The second-order valence-corrected chi connectivity index (χ2v) is 2.90. The van der Waals surface area contributed by atoms with E-state index < -0.39 is 5.97 Å². The van der Waals surface area contributed by atoms with Crippen molar-refractivity contribution < 1.29 is 19.1 Å². The molecule has 0 unspecified atom stereocenters. The molecule has 0 saturated carbocycles. The zero-order valence-corrected chi connectivity index (χ0v) is 8.65. The minimum atomic E-state index is -0.474. The molecular weight excluding hydrogens is 196 g/mol. The molecule has 0 amide bonds. The summed E-state index contributed by atoms with van der Waals surface area (Å²) >= 11 is 0. The molecule has 0 fully saturated rings. The Hall–Kier alpha value is -1.84. The summed E-state index contributed by atoms with van der Waals surface area (Å²) in [5.41, 5.74) is 0.418. The molecule has 0 bridgehead atoms. The Bertz CT molecular complexity index is 371. The van der Waals surface area contributed by atoms with Crippen LogP contribution >= 0.6 is 0 Å². The van der Waals surface area contributed by atoms with Crippen LogP contribution in [0.5, 0.6) is 5.75 Å². The maximum atomic E-state index is 11.6. The Morgan fingerprint density at radius 1 is 1.27 bits per heavy atom. The molecule has 1 rings (SSSR count). The molecule has 4 heteroatoms. The number of benzene rings is 1. The van der Waals surface area contributed by atoms with Crippen LogP contribution in [-0.2, 0) is 9.53 Å². The molecule has 1 aromatic carbocycles. The van der Waals surface area contributed by atoms with Gasteiger partial charge in [-0.05, 0) is 12.1 Å². The Morgan fingerprint density at radius 2 is 1.93 bits per heavy atom. The minimum absolute atomic E-state index is 0.254. The lowest BCUT2D eigenvalue weighted by Crippen LogP contribution is -2.12. The van der Waals surface area contributed by atoms with E-state index >= 15 is 0 Å². The average molecular weight is 208 g/mol. The van der Waals surface area contributed by atoms with Gasteiger partial charge in [0.05, 0.1) is 12.7 Å². The number of hydrogen-bond acceptors (Lipinski definition) is 4. The highest BCUT2D eigenvalue weighted by molar-refractivity contribution is 6.00. The summed E-state index contributed by atoms with van der Waals surface area (Å²) in [6.45, 7) is 1.01. The average Bonchev–Trinajstić information content (AvgIpc) is 2.25. The van der Waals surface area contributed by atoms with E-state index in [1.807, 2.05) is 0 Å². The van der Waals surface area contributed by atoms with Crippen molar-refractivity contribution in [2.24, 2.45) is 0 Å². The van der Waals surface area contributed by atoms with Gasteiger partial charge in [-0.2, -0.15) is 0 Å². The molecule has 0 radical (unpaired) electrons. The number of rotatable bonds is 4. The Balaban J connectivity index is 2.77. The molecule has 0 saturated heterocycles. The van der Waals surface area contributed by atoms with Crippen LogP contribution in [0.3, 0.4) is 0 Å². The lowest BCUT2D eigenvalue weighted by Gasteiger charge is -2.06. The zero-order valence-electron chi connectivity index (χ0n) is 8.65. The summed E-state index contributed by atoms with van der Waals surface area (Å²) in [5.74, 6) is -0.268. The third-order valence-electron chi connectivity index (χ3n) is 1.81. The smallest absolute Gasteiger partial charge is 0.303 e. The normalized spacial score (nSPS) is 9.47. The highest BCUT2D eigenvalue weighted by Crippen LogP contribution is 2.17. The van der Waals surface area contributed by atoms with Gasteiger partial charge in [-0.15, -0.1) is 0 Å². The zero-order chi connectivity index (χ0) is 11.3. The first kappa shape index (κ1) is 11.2. The second-order valence-electron chi connectivity index (χ2n) is 2.90. The molecule has 15 heavy (non-hydrogen) atoms. The van der Waals surface area contributed by atoms with Gasteiger partial charge in [-0.3, -0.25) is 9.59 Å². The van der Waals surface area contributed by atoms with E-state index in [9.17, 15) is 9.59 Å². The third-order valence-corrected chi connectivity index (χ3v) is 1.81. The fourth-order valence-electron chi connectivity index (χ4n) is 1.12. The molecular formula is C11H12O4. The molecule has 0 aliphatic carbocycles. The summed E-state index contributed by atoms with van der Waals surface area (Å²) < 4.78 is 9.63. The van der Waals surface area contributed by atoms with Crippen molar-refractivity contribution in [1.29, 1.82) is 0 Å². The van der Waals surface area contributed by atoms with Crippen LogP contribution in [0.2, 0.25) is 0 Å². The number of para-hydroxylation sites is 1. The van der Waals surface area contributed by atoms with Crippen LogP contribution in [0.4, 0.5) is 0 Å². The number of carbonyl (C=O) groups is 2. The lowest BCUT2D eigenvalue weighted by atomic mass is 10.1.